The van der Waals surface area contributed by atoms with E-state index in [9.17, 15) is 4.39 Å². The fraction of sp³-hybridized carbons (Fsp3) is 0.231. The monoisotopic (exact) mass is 251 g/mol. The Balaban J connectivity index is 2.02. The molecule has 0 fully saturated rings. The van der Waals surface area contributed by atoms with Gasteiger partial charge in [-0.1, -0.05) is 6.92 Å². The van der Waals surface area contributed by atoms with Crippen molar-refractivity contribution in [1.82, 2.24) is 0 Å². The number of nitrogen functional groups attached to an aromatic ring is 1. The maximum atomic E-state index is 13.4. The SMILES string of the molecule is CCc1ccc(COc2ccc(N)cc2F)s1. The molecule has 1 heterocycles. The van der Waals surface area contributed by atoms with Crippen molar-refractivity contribution in [2.75, 3.05) is 5.73 Å². The average Bonchev–Trinajstić information content (AvgIpc) is 2.76. The zero-order valence-corrected chi connectivity index (χ0v) is 10.4. The fourth-order valence-electron chi connectivity index (χ4n) is 1.47. The lowest BCUT2D eigenvalue weighted by Crippen LogP contribution is -1.96. The number of anilines is 1. The highest BCUT2D eigenvalue weighted by Gasteiger charge is 2.05. The number of rotatable bonds is 4. The number of nitrogens with two attached hydrogens (primary N) is 1. The van der Waals surface area contributed by atoms with Crippen LogP contribution in [-0.4, -0.2) is 0 Å². The van der Waals surface area contributed by atoms with Crippen molar-refractivity contribution in [3.8, 4) is 5.75 Å². The van der Waals surface area contributed by atoms with Crippen molar-refractivity contribution < 1.29 is 9.13 Å². The van der Waals surface area contributed by atoms with E-state index < -0.39 is 5.82 Å². The van der Waals surface area contributed by atoms with Crippen molar-refractivity contribution in [3.05, 3.63) is 45.9 Å². The minimum Gasteiger partial charge on any atom is -0.485 e. The molecule has 0 unspecified atom stereocenters. The molecule has 4 heteroatoms. The van der Waals surface area contributed by atoms with E-state index in [4.69, 9.17) is 10.5 Å². The van der Waals surface area contributed by atoms with Gasteiger partial charge in [0.15, 0.2) is 11.6 Å². The molecule has 0 atom stereocenters. The molecule has 0 aliphatic heterocycles. The molecule has 0 aliphatic carbocycles. The van der Waals surface area contributed by atoms with Gasteiger partial charge in [-0.25, -0.2) is 4.39 Å². The zero-order chi connectivity index (χ0) is 12.3. The Bertz CT molecular complexity index is 510. The summed E-state index contributed by atoms with van der Waals surface area (Å²) in [4.78, 5) is 2.40. The Hall–Kier alpha value is -1.55. The van der Waals surface area contributed by atoms with Crippen molar-refractivity contribution in [2.45, 2.75) is 20.0 Å². The molecule has 2 N–H and O–H groups in total. The molecule has 0 saturated heterocycles. The molecule has 1 aromatic carbocycles. The second-order valence-electron chi connectivity index (χ2n) is 3.70. The Kier molecular flexibility index (Phi) is 3.64. The van der Waals surface area contributed by atoms with Gasteiger partial charge in [-0.2, -0.15) is 0 Å². The van der Waals surface area contributed by atoms with Crippen molar-refractivity contribution in [1.29, 1.82) is 0 Å². The number of hydrogen-bond donors (Lipinski definition) is 1. The van der Waals surface area contributed by atoms with Crippen LogP contribution < -0.4 is 10.5 Å². The summed E-state index contributed by atoms with van der Waals surface area (Å²) in [5.74, 6) is -0.178. The summed E-state index contributed by atoms with van der Waals surface area (Å²) in [5.41, 5.74) is 5.86. The first-order valence-corrected chi connectivity index (χ1v) is 6.26. The molecule has 0 spiro atoms. The molecule has 90 valence electrons. The molecule has 2 aromatic rings. The smallest absolute Gasteiger partial charge is 0.167 e. The van der Waals surface area contributed by atoms with Crippen LogP contribution in [0.3, 0.4) is 0 Å². The predicted octanol–water partition coefficient (Wildman–Crippen LogP) is 3.61. The summed E-state index contributed by atoms with van der Waals surface area (Å²) in [6.45, 7) is 2.50. The molecule has 0 saturated carbocycles. The molecule has 0 radical (unpaired) electrons. The van der Waals surface area contributed by atoms with E-state index in [1.54, 1.807) is 23.5 Å². The van der Waals surface area contributed by atoms with Crippen LogP contribution in [0.2, 0.25) is 0 Å². The minimum absolute atomic E-state index is 0.241. The van der Waals surface area contributed by atoms with Crippen LogP contribution in [0, 0.1) is 5.82 Å². The van der Waals surface area contributed by atoms with Gasteiger partial charge in [0.05, 0.1) is 0 Å². The Morgan fingerprint density at radius 1 is 1.24 bits per heavy atom. The summed E-state index contributed by atoms with van der Waals surface area (Å²) < 4.78 is 18.8. The van der Waals surface area contributed by atoms with E-state index in [1.165, 1.54) is 10.9 Å². The van der Waals surface area contributed by atoms with Crippen LogP contribution in [0.25, 0.3) is 0 Å². The highest BCUT2D eigenvalue weighted by atomic mass is 32.1. The van der Waals surface area contributed by atoms with E-state index in [1.807, 2.05) is 6.07 Å². The van der Waals surface area contributed by atoms with E-state index >= 15 is 0 Å². The van der Waals surface area contributed by atoms with Gasteiger partial charge in [-0.05, 0) is 30.7 Å². The molecule has 17 heavy (non-hydrogen) atoms. The largest absolute Gasteiger partial charge is 0.485 e. The number of hydrogen-bond acceptors (Lipinski definition) is 3. The van der Waals surface area contributed by atoms with Gasteiger partial charge >= 0.3 is 0 Å². The molecule has 2 nitrogen and oxygen atoms in total. The van der Waals surface area contributed by atoms with Gasteiger partial charge in [-0.15, -0.1) is 11.3 Å². The lowest BCUT2D eigenvalue weighted by molar-refractivity contribution is 0.293. The maximum Gasteiger partial charge on any atom is 0.167 e. The topological polar surface area (TPSA) is 35.2 Å². The fourth-order valence-corrected chi connectivity index (χ4v) is 2.34. The second kappa shape index (κ2) is 5.19. The molecule has 0 aliphatic rings. The van der Waals surface area contributed by atoms with Crippen molar-refractivity contribution >= 4 is 17.0 Å². The third kappa shape index (κ3) is 2.97. The highest BCUT2D eigenvalue weighted by Crippen LogP contribution is 2.23. The van der Waals surface area contributed by atoms with Crippen molar-refractivity contribution in [2.24, 2.45) is 0 Å². The molecular formula is C13H14FNOS. The Morgan fingerprint density at radius 3 is 2.65 bits per heavy atom. The van der Waals surface area contributed by atoms with E-state index in [2.05, 4.69) is 13.0 Å². The predicted molar refractivity (Wildman–Crippen MR) is 68.8 cm³/mol. The number of thiophene rings is 1. The summed E-state index contributed by atoms with van der Waals surface area (Å²) >= 11 is 1.69. The normalized spacial score (nSPS) is 10.5. The number of halogens is 1. The number of ether oxygens (including phenoxy) is 1. The van der Waals surface area contributed by atoms with Crippen LogP contribution in [0.5, 0.6) is 5.75 Å². The standard InChI is InChI=1S/C13H14FNOS/c1-2-10-4-5-11(17-10)8-16-13-6-3-9(15)7-12(13)14/h3-7H,2,8,15H2,1H3. The highest BCUT2D eigenvalue weighted by molar-refractivity contribution is 7.11. The average molecular weight is 251 g/mol. The van der Waals surface area contributed by atoms with Crippen LogP contribution in [0.15, 0.2) is 30.3 Å². The number of aryl methyl sites for hydroxylation is 1. The van der Waals surface area contributed by atoms with E-state index in [0.29, 0.717) is 12.3 Å². The van der Waals surface area contributed by atoms with Crippen molar-refractivity contribution in [3.63, 3.8) is 0 Å². The van der Waals surface area contributed by atoms with Gasteiger partial charge in [-0.3, -0.25) is 0 Å². The quantitative estimate of drug-likeness (QED) is 0.842. The Morgan fingerprint density at radius 2 is 2.00 bits per heavy atom. The van der Waals surface area contributed by atoms with Crippen LogP contribution in [0.4, 0.5) is 10.1 Å². The first-order chi connectivity index (χ1) is 8.19. The van der Waals surface area contributed by atoms with Gasteiger partial charge in [0, 0.05) is 21.5 Å². The molecular weight excluding hydrogens is 237 g/mol. The minimum atomic E-state index is -0.419. The van der Waals surface area contributed by atoms with Crippen LogP contribution in [-0.2, 0) is 13.0 Å². The van der Waals surface area contributed by atoms with Gasteiger partial charge in [0.25, 0.3) is 0 Å². The van der Waals surface area contributed by atoms with Gasteiger partial charge < -0.3 is 10.5 Å². The van der Waals surface area contributed by atoms with Gasteiger partial charge in [0.2, 0.25) is 0 Å². The lowest BCUT2D eigenvalue weighted by atomic mass is 10.3. The van der Waals surface area contributed by atoms with E-state index in [-0.39, 0.29) is 5.75 Å². The molecule has 0 amide bonds. The lowest BCUT2D eigenvalue weighted by Gasteiger charge is -2.06. The molecule has 0 bridgehead atoms. The number of benzene rings is 1. The van der Waals surface area contributed by atoms with E-state index in [0.717, 1.165) is 11.3 Å². The summed E-state index contributed by atoms with van der Waals surface area (Å²) in [6, 6.07) is 8.53. The maximum absolute atomic E-state index is 13.4. The van der Waals surface area contributed by atoms with Crippen LogP contribution >= 0.6 is 11.3 Å². The first kappa shape index (κ1) is 11.9. The second-order valence-corrected chi connectivity index (χ2v) is 4.95. The Labute approximate surface area is 104 Å². The third-order valence-corrected chi connectivity index (χ3v) is 3.59. The molecule has 2 rings (SSSR count). The first-order valence-electron chi connectivity index (χ1n) is 5.44. The van der Waals surface area contributed by atoms with Gasteiger partial charge in [0.1, 0.15) is 6.61 Å². The zero-order valence-electron chi connectivity index (χ0n) is 9.57. The molecule has 1 aromatic heterocycles. The third-order valence-electron chi connectivity index (χ3n) is 2.39. The summed E-state index contributed by atoms with van der Waals surface area (Å²) in [6.07, 6.45) is 1.01. The van der Waals surface area contributed by atoms with Crippen LogP contribution in [0.1, 0.15) is 16.7 Å². The summed E-state index contributed by atoms with van der Waals surface area (Å²) in [5, 5.41) is 0. The summed E-state index contributed by atoms with van der Waals surface area (Å²) in [7, 11) is 0.